The molecule has 1 N–H and O–H groups in total. The van der Waals surface area contributed by atoms with Crippen molar-refractivity contribution in [3.63, 3.8) is 0 Å². The van der Waals surface area contributed by atoms with E-state index in [-0.39, 0.29) is 5.78 Å². The van der Waals surface area contributed by atoms with Gasteiger partial charge in [-0.05, 0) is 30.7 Å². The number of hydrogen-bond acceptors (Lipinski definition) is 4. The Bertz CT molecular complexity index is 533. The van der Waals surface area contributed by atoms with Crippen molar-refractivity contribution in [3.05, 3.63) is 29.3 Å². The molecular weight excluding hydrogens is 232 g/mol. The molecule has 94 valence electrons. The number of benzene rings is 1. The largest absolute Gasteiger partial charge is 0.497 e. The summed E-state index contributed by atoms with van der Waals surface area (Å²) in [5.74, 6) is 1.45. The van der Waals surface area contributed by atoms with Crippen LogP contribution in [0.2, 0.25) is 0 Å². The van der Waals surface area contributed by atoms with E-state index in [9.17, 15) is 9.90 Å². The second-order valence-electron chi connectivity index (χ2n) is 4.57. The number of ketones is 1. The summed E-state index contributed by atoms with van der Waals surface area (Å²) >= 11 is 0. The van der Waals surface area contributed by atoms with Crippen LogP contribution in [-0.2, 0) is 4.79 Å². The summed E-state index contributed by atoms with van der Waals surface area (Å²) in [5, 5.41) is 9.91. The average molecular weight is 246 g/mol. The molecule has 18 heavy (non-hydrogen) atoms. The van der Waals surface area contributed by atoms with Gasteiger partial charge in [0.1, 0.15) is 11.5 Å². The smallest absolute Gasteiger partial charge is 0.162 e. The Morgan fingerprint density at radius 2 is 2.28 bits per heavy atom. The van der Waals surface area contributed by atoms with Crippen LogP contribution in [0, 0.1) is 0 Å². The molecule has 4 nitrogen and oxygen atoms in total. The Labute approximate surface area is 105 Å². The van der Waals surface area contributed by atoms with Crippen molar-refractivity contribution in [3.8, 4) is 11.5 Å². The quantitative estimate of drug-likeness (QED) is 0.817. The van der Waals surface area contributed by atoms with Crippen LogP contribution in [0.4, 0.5) is 0 Å². The summed E-state index contributed by atoms with van der Waals surface area (Å²) < 4.78 is 10.9. The number of methoxy groups -OCH3 is 1. The van der Waals surface area contributed by atoms with Crippen LogP contribution in [0.15, 0.2) is 23.8 Å². The number of Topliss-reactive ketones (excluding diaryl/α,β-unsaturated/α-hetero) is 1. The summed E-state index contributed by atoms with van der Waals surface area (Å²) in [6, 6.07) is 5.43. The number of fused-ring (bicyclic) bond motifs is 2. The van der Waals surface area contributed by atoms with Crippen LogP contribution in [-0.4, -0.2) is 30.2 Å². The van der Waals surface area contributed by atoms with E-state index in [0.29, 0.717) is 24.2 Å². The van der Waals surface area contributed by atoms with Crippen LogP contribution < -0.4 is 9.47 Å². The molecule has 3 rings (SSSR count). The Kier molecular flexibility index (Phi) is 2.59. The molecule has 1 aromatic carbocycles. The van der Waals surface area contributed by atoms with Crippen molar-refractivity contribution >= 4 is 11.9 Å². The lowest BCUT2D eigenvalue weighted by atomic mass is 9.85. The molecule has 2 atom stereocenters. The zero-order valence-electron chi connectivity index (χ0n) is 10.1. The zero-order chi connectivity index (χ0) is 12.7. The van der Waals surface area contributed by atoms with E-state index in [1.807, 2.05) is 6.07 Å². The predicted molar refractivity (Wildman–Crippen MR) is 65.6 cm³/mol. The summed E-state index contributed by atoms with van der Waals surface area (Å²) in [6.45, 7) is 0. The highest BCUT2D eigenvalue weighted by Gasteiger charge is 2.37. The van der Waals surface area contributed by atoms with Gasteiger partial charge in [0.25, 0.3) is 0 Å². The van der Waals surface area contributed by atoms with Gasteiger partial charge in [-0.2, -0.15) is 0 Å². The van der Waals surface area contributed by atoms with E-state index in [2.05, 4.69) is 0 Å². The molecular formula is C14H14O4. The Hall–Kier alpha value is -1.81. The monoisotopic (exact) mass is 246 g/mol. The van der Waals surface area contributed by atoms with Gasteiger partial charge in [0.2, 0.25) is 0 Å². The van der Waals surface area contributed by atoms with Crippen LogP contribution in [0.3, 0.4) is 0 Å². The van der Waals surface area contributed by atoms with Gasteiger partial charge >= 0.3 is 0 Å². The minimum absolute atomic E-state index is 0.0544. The maximum atomic E-state index is 11.8. The Balaban J connectivity index is 2.06. The molecule has 0 unspecified atom stereocenters. The average Bonchev–Trinajstić information content (AvgIpc) is 2.41. The lowest BCUT2D eigenvalue weighted by Gasteiger charge is -2.33. The van der Waals surface area contributed by atoms with Crippen LogP contribution in [0.25, 0.3) is 6.08 Å². The van der Waals surface area contributed by atoms with Crippen molar-refractivity contribution in [1.29, 1.82) is 0 Å². The lowest BCUT2D eigenvalue weighted by molar-refractivity contribution is -0.120. The van der Waals surface area contributed by atoms with Gasteiger partial charge in [0.05, 0.1) is 13.2 Å². The first-order valence-electron chi connectivity index (χ1n) is 5.96. The molecule has 0 spiro atoms. The summed E-state index contributed by atoms with van der Waals surface area (Å²) in [5.41, 5.74) is 1.39. The number of ether oxygens (including phenoxy) is 2. The van der Waals surface area contributed by atoms with Gasteiger partial charge < -0.3 is 14.6 Å². The van der Waals surface area contributed by atoms with Gasteiger partial charge in [-0.3, -0.25) is 4.79 Å². The summed E-state index contributed by atoms with van der Waals surface area (Å²) in [7, 11) is 1.59. The number of rotatable bonds is 1. The van der Waals surface area contributed by atoms with Crippen molar-refractivity contribution < 1.29 is 19.4 Å². The molecule has 0 radical (unpaired) electrons. The van der Waals surface area contributed by atoms with E-state index < -0.39 is 12.2 Å². The number of aliphatic hydroxyl groups excluding tert-OH is 1. The summed E-state index contributed by atoms with van der Waals surface area (Å²) in [6.07, 6.45) is 1.52. The zero-order valence-corrected chi connectivity index (χ0v) is 10.1. The fourth-order valence-corrected chi connectivity index (χ4v) is 2.42. The van der Waals surface area contributed by atoms with Crippen LogP contribution >= 0.6 is 0 Å². The molecule has 0 aromatic heterocycles. The van der Waals surface area contributed by atoms with Gasteiger partial charge in [-0.1, -0.05) is 0 Å². The fraction of sp³-hybridized carbons (Fsp3) is 0.357. The maximum absolute atomic E-state index is 11.8. The second-order valence-corrected chi connectivity index (χ2v) is 4.57. The molecule has 4 heteroatoms. The van der Waals surface area contributed by atoms with Crippen molar-refractivity contribution in [2.75, 3.05) is 7.11 Å². The van der Waals surface area contributed by atoms with Crippen molar-refractivity contribution in [2.24, 2.45) is 0 Å². The van der Waals surface area contributed by atoms with Crippen molar-refractivity contribution in [2.45, 2.75) is 25.0 Å². The maximum Gasteiger partial charge on any atom is 0.162 e. The highest BCUT2D eigenvalue weighted by molar-refractivity contribution is 6.02. The minimum Gasteiger partial charge on any atom is -0.497 e. The third-order valence-corrected chi connectivity index (χ3v) is 3.43. The molecule has 2 aliphatic rings. The molecule has 0 amide bonds. The van der Waals surface area contributed by atoms with Crippen LogP contribution in [0.1, 0.15) is 18.4 Å². The number of hydrogen-bond donors (Lipinski definition) is 1. The van der Waals surface area contributed by atoms with Gasteiger partial charge in [-0.15, -0.1) is 0 Å². The van der Waals surface area contributed by atoms with Gasteiger partial charge in [0, 0.05) is 17.6 Å². The second kappa shape index (κ2) is 4.14. The van der Waals surface area contributed by atoms with E-state index in [1.165, 1.54) is 0 Å². The Morgan fingerprint density at radius 1 is 1.44 bits per heavy atom. The number of carbonyl (C=O) groups is 1. The SMILES string of the molecule is COc1ccc2c(c1)C=C1C(=O)CC[C@H](O)[C@H]1O2. The minimum atomic E-state index is -0.607. The molecule has 1 aliphatic carbocycles. The molecule has 0 bridgehead atoms. The molecule has 1 saturated carbocycles. The first-order valence-corrected chi connectivity index (χ1v) is 5.96. The van der Waals surface area contributed by atoms with Crippen LogP contribution in [0.5, 0.6) is 11.5 Å². The first kappa shape index (κ1) is 11.3. The Morgan fingerprint density at radius 3 is 3.06 bits per heavy atom. The highest BCUT2D eigenvalue weighted by atomic mass is 16.5. The van der Waals surface area contributed by atoms with Gasteiger partial charge in [0.15, 0.2) is 11.9 Å². The van der Waals surface area contributed by atoms with E-state index in [0.717, 1.165) is 11.3 Å². The normalized spacial score (nSPS) is 25.7. The van der Waals surface area contributed by atoms with Gasteiger partial charge in [-0.25, -0.2) is 0 Å². The topological polar surface area (TPSA) is 55.8 Å². The third kappa shape index (κ3) is 1.69. The number of carbonyl (C=O) groups excluding carboxylic acids is 1. The van der Waals surface area contributed by atoms with Crippen molar-refractivity contribution in [1.82, 2.24) is 0 Å². The molecule has 1 fully saturated rings. The summed E-state index contributed by atoms with van der Waals surface area (Å²) in [4.78, 5) is 11.8. The molecule has 1 heterocycles. The molecule has 0 saturated heterocycles. The predicted octanol–water partition coefficient (Wildman–Crippen LogP) is 1.56. The standard InChI is InChI=1S/C14H14O4/c1-17-9-2-5-13-8(6-9)7-10-11(15)3-4-12(16)14(10)18-13/h2,5-7,12,14,16H,3-4H2,1H3/t12-,14-/m0/s1. The molecule has 1 aliphatic heterocycles. The number of aliphatic hydroxyl groups is 1. The first-order chi connectivity index (χ1) is 8.69. The van der Waals surface area contributed by atoms with E-state index in [4.69, 9.17) is 9.47 Å². The highest BCUT2D eigenvalue weighted by Crippen LogP contribution is 2.36. The third-order valence-electron chi connectivity index (χ3n) is 3.43. The lowest BCUT2D eigenvalue weighted by Crippen LogP contribution is -2.42. The van der Waals surface area contributed by atoms with E-state index in [1.54, 1.807) is 25.3 Å². The fourth-order valence-electron chi connectivity index (χ4n) is 2.42. The molecule has 1 aromatic rings. The van der Waals surface area contributed by atoms with E-state index >= 15 is 0 Å².